The molecule has 0 bridgehead atoms. The van der Waals surface area contributed by atoms with Crippen LogP contribution in [0.15, 0.2) is 72.9 Å². The summed E-state index contributed by atoms with van der Waals surface area (Å²) in [5.41, 5.74) is 10.1. The van der Waals surface area contributed by atoms with Crippen LogP contribution in [0, 0.1) is 0 Å². The lowest BCUT2D eigenvalue weighted by atomic mass is 10.1. The minimum Gasteiger partial charge on any atom is -0.478 e. The number of hydrogen-bond acceptors (Lipinski definition) is 3. The van der Waals surface area contributed by atoms with Gasteiger partial charge < -0.3 is 15.4 Å². The standard InChI is InChI=1S/C25H19Cl2N3O2/c26-19-8-11-21(22(27)13-19)23-15-30(14-17-1-6-18(7-2-17)25(31)32)24(29-23)12-5-16-3-9-20(28)10-4-16/h1-13,15H,14,28H2,(H,31,32)/b12-5+. The van der Waals surface area contributed by atoms with Crippen LogP contribution in [0.25, 0.3) is 23.4 Å². The zero-order valence-electron chi connectivity index (χ0n) is 16.9. The van der Waals surface area contributed by atoms with E-state index in [1.165, 1.54) is 0 Å². The van der Waals surface area contributed by atoms with Gasteiger partial charge in [-0.25, -0.2) is 9.78 Å². The molecule has 5 nitrogen and oxygen atoms in total. The first-order valence-electron chi connectivity index (χ1n) is 9.77. The average Bonchev–Trinajstić information content (AvgIpc) is 3.16. The van der Waals surface area contributed by atoms with E-state index in [4.69, 9.17) is 39.0 Å². The Bertz CT molecular complexity index is 1290. The number of carboxylic acids is 1. The SMILES string of the molecule is Nc1ccc(/C=C/c2nc(-c3ccc(Cl)cc3Cl)cn2Cc2ccc(C(=O)O)cc2)cc1. The summed E-state index contributed by atoms with van der Waals surface area (Å²) in [5.74, 6) is -0.226. The summed E-state index contributed by atoms with van der Waals surface area (Å²) in [6.07, 6.45) is 5.80. The molecule has 0 aliphatic rings. The number of imidazole rings is 1. The lowest BCUT2D eigenvalue weighted by molar-refractivity contribution is 0.0697. The molecule has 32 heavy (non-hydrogen) atoms. The number of anilines is 1. The van der Waals surface area contributed by atoms with Crippen molar-refractivity contribution in [2.75, 3.05) is 5.73 Å². The van der Waals surface area contributed by atoms with E-state index in [2.05, 4.69) is 0 Å². The van der Waals surface area contributed by atoms with Crippen LogP contribution < -0.4 is 5.73 Å². The number of nitrogens with zero attached hydrogens (tertiary/aromatic N) is 2. The molecule has 0 unspecified atom stereocenters. The largest absolute Gasteiger partial charge is 0.478 e. The number of nitrogens with two attached hydrogens (primary N) is 1. The van der Waals surface area contributed by atoms with E-state index in [-0.39, 0.29) is 5.56 Å². The Hall–Kier alpha value is -3.54. The van der Waals surface area contributed by atoms with Gasteiger partial charge in [0.05, 0.1) is 16.3 Å². The van der Waals surface area contributed by atoms with Gasteiger partial charge in [0.2, 0.25) is 0 Å². The fourth-order valence-electron chi connectivity index (χ4n) is 3.24. The summed E-state index contributed by atoms with van der Waals surface area (Å²) < 4.78 is 1.99. The highest BCUT2D eigenvalue weighted by Gasteiger charge is 2.12. The van der Waals surface area contributed by atoms with Crippen LogP contribution in [0.5, 0.6) is 0 Å². The third kappa shape index (κ3) is 5.02. The Labute approximate surface area is 195 Å². The van der Waals surface area contributed by atoms with Crippen LogP contribution in [0.1, 0.15) is 27.3 Å². The first kappa shape index (κ1) is 21.7. The molecule has 3 aromatic carbocycles. The van der Waals surface area contributed by atoms with Crippen molar-refractivity contribution in [3.63, 3.8) is 0 Å². The fraction of sp³-hybridized carbons (Fsp3) is 0.0400. The molecule has 3 N–H and O–H groups in total. The molecule has 4 aromatic rings. The predicted molar refractivity (Wildman–Crippen MR) is 130 cm³/mol. The number of carbonyl (C=O) groups is 1. The monoisotopic (exact) mass is 463 g/mol. The van der Waals surface area contributed by atoms with E-state index >= 15 is 0 Å². The molecule has 0 spiro atoms. The van der Waals surface area contributed by atoms with Gasteiger partial charge >= 0.3 is 5.97 Å². The number of benzene rings is 3. The maximum absolute atomic E-state index is 11.1. The molecule has 0 aliphatic carbocycles. The molecule has 1 aromatic heterocycles. The zero-order chi connectivity index (χ0) is 22.7. The summed E-state index contributed by atoms with van der Waals surface area (Å²) in [7, 11) is 0. The summed E-state index contributed by atoms with van der Waals surface area (Å²) in [4.78, 5) is 15.9. The van der Waals surface area contributed by atoms with E-state index in [0.29, 0.717) is 28.0 Å². The number of halogens is 2. The summed E-state index contributed by atoms with van der Waals surface area (Å²) in [6, 6.07) is 19.6. The van der Waals surface area contributed by atoms with Gasteiger partial charge in [0.1, 0.15) is 5.82 Å². The van der Waals surface area contributed by atoms with Crippen LogP contribution in [0.2, 0.25) is 10.0 Å². The topological polar surface area (TPSA) is 81.1 Å². The second-order valence-corrected chi connectivity index (χ2v) is 8.08. The molecule has 0 fully saturated rings. The smallest absolute Gasteiger partial charge is 0.335 e. The van der Waals surface area contributed by atoms with Crippen LogP contribution >= 0.6 is 23.2 Å². The minimum absolute atomic E-state index is 0.247. The van der Waals surface area contributed by atoms with Crippen molar-refractivity contribution in [1.82, 2.24) is 9.55 Å². The molecule has 0 aliphatic heterocycles. The molecular formula is C25H19Cl2N3O2. The van der Waals surface area contributed by atoms with Crippen LogP contribution in [-0.4, -0.2) is 20.6 Å². The maximum Gasteiger partial charge on any atom is 0.335 e. The van der Waals surface area contributed by atoms with Gasteiger partial charge in [-0.05, 0) is 59.7 Å². The van der Waals surface area contributed by atoms with Gasteiger partial charge in [0.15, 0.2) is 0 Å². The Morgan fingerprint density at radius 2 is 1.72 bits per heavy atom. The molecule has 0 saturated heterocycles. The molecule has 160 valence electrons. The molecule has 4 rings (SSSR count). The second-order valence-electron chi connectivity index (χ2n) is 7.24. The Morgan fingerprint density at radius 1 is 1.00 bits per heavy atom. The number of hydrogen-bond donors (Lipinski definition) is 2. The van der Waals surface area contributed by atoms with Crippen molar-refractivity contribution in [2.45, 2.75) is 6.54 Å². The van der Waals surface area contributed by atoms with Gasteiger partial charge in [-0.15, -0.1) is 0 Å². The average molecular weight is 464 g/mol. The predicted octanol–water partition coefficient (Wildman–Crippen LogP) is 6.36. The zero-order valence-corrected chi connectivity index (χ0v) is 18.4. The van der Waals surface area contributed by atoms with Crippen LogP contribution in [0.4, 0.5) is 5.69 Å². The van der Waals surface area contributed by atoms with Crippen molar-refractivity contribution in [2.24, 2.45) is 0 Å². The first-order chi connectivity index (χ1) is 15.4. The van der Waals surface area contributed by atoms with Gasteiger partial charge in [0, 0.05) is 29.0 Å². The van der Waals surface area contributed by atoms with E-state index in [1.54, 1.807) is 36.4 Å². The summed E-state index contributed by atoms with van der Waals surface area (Å²) >= 11 is 12.4. The molecule has 0 saturated carbocycles. The highest BCUT2D eigenvalue weighted by molar-refractivity contribution is 6.36. The highest BCUT2D eigenvalue weighted by atomic mass is 35.5. The van der Waals surface area contributed by atoms with Crippen molar-refractivity contribution < 1.29 is 9.90 Å². The van der Waals surface area contributed by atoms with Gasteiger partial charge in [0.25, 0.3) is 0 Å². The van der Waals surface area contributed by atoms with E-state index < -0.39 is 5.97 Å². The number of aromatic nitrogens is 2. The number of carboxylic acid groups (broad SMARTS) is 1. The van der Waals surface area contributed by atoms with Gasteiger partial charge in [-0.1, -0.05) is 53.5 Å². The van der Waals surface area contributed by atoms with Crippen molar-refractivity contribution in [1.29, 1.82) is 0 Å². The number of aromatic carboxylic acids is 1. The van der Waals surface area contributed by atoms with E-state index in [9.17, 15) is 4.79 Å². The molecule has 1 heterocycles. The lowest BCUT2D eigenvalue weighted by Crippen LogP contribution is -2.02. The summed E-state index contributed by atoms with van der Waals surface area (Å²) in [5, 5.41) is 10.2. The Balaban J connectivity index is 1.71. The van der Waals surface area contributed by atoms with Crippen molar-refractivity contribution in [3.05, 3.63) is 105 Å². The molecule has 0 atom stereocenters. The Morgan fingerprint density at radius 3 is 2.38 bits per heavy atom. The quantitative estimate of drug-likeness (QED) is 0.326. The van der Waals surface area contributed by atoms with E-state index in [0.717, 1.165) is 22.5 Å². The molecular weight excluding hydrogens is 445 g/mol. The van der Waals surface area contributed by atoms with Crippen molar-refractivity contribution >= 4 is 47.0 Å². The van der Waals surface area contributed by atoms with Crippen molar-refractivity contribution in [3.8, 4) is 11.3 Å². The maximum atomic E-state index is 11.1. The van der Waals surface area contributed by atoms with Crippen LogP contribution in [0.3, 0.4) is 0 Å². The number of rotatable bonds is 6. The fourth-order valence-corrected chi connectivity index (χ4v) is 3.75. The van der Waals surface area contributed by atoms with E-state index in [1.807, 2.05) is 53.2 Å². The summed E-state index contributed by atoms with van der Waals surface area (Å²) in [6.45, 7) is 0.513. The van der Waals surface area contributed by atoms with Crippen LogP contribution in [-0.2, 0) is 6.54 Å². The highest BCUT2D eigenvalue weighted by Crippen LogP contribution is 2.30. The third-order valence-electron chi connectivity index (χ3n) is 4.93. The first-order valence-corrected chi connectivity index (χ1v) is 10.5. The molecule has 7 heteroatoms. The normalized spacial score (nSPS) is 11.2. The lowest BCUT2D eigenvalue weighted by Gasteiger charge is -2.06. The Kier molecular flexibility index (Phi) is 6.30. The molecule has 0 radical (unpaired) electrons. The molecule has 0 amide bonds. The van der Waals surface area contributed by atoms with Gasteiger partial charge in [-0.3, -0.25) is 0 Å². The number of nitrogen functional groups attached to an aromatic ring is 1. The third-order valence-corrected chi connectivity index (χ3v) is 5.48. The second kappa shape index (κ2) is 9.30. The minimum atomic E-state index is -0.953. The van der Waals surface area contributed by atoms with Gasteiger partial charge in [-0.2, -0.15) is 0 Å².